The molecule has 0 radical (unpaired) electrons. The SMILES string of the molecule is COC(=O)c1ccc(S(=O)(=O)NC(CN)C2CC2)cc1.Cl. The Balaban J connectivity index is 0.00000220. The molecule has 0 amide bonds. The zero-order valence-corrected chi connectivity index (χ0v) is 13.2. The van der Waals surface area contributed by atoms with Gasteiger partial charge in [-0.25, -0.2) is 17.9 Å². The number of nitrogens with two attached hydrogens (primary N) is 1. The van der Waals surface area contributed by atoms with Crippen LogP contribution in [0.3, 0.4) is 0 Å². The highest BCUT2D eigenvalue weighted by molar-refractivity contribution is 7.89. The second-order valence-electron chi connectivity index (χ2n) is 4.82. The van der Waals surface area contributed by atoms with E-state index in [-0.39, 0.29) is 29.9 Å². The molecule has 1 saturated carbocycles. The van der Waals surface area contributed by atoms with Crippen molar-refractivity contribution < 1.29 is 17.9 Å². The first kappa shape index (κ1) is 17.9. The fraction of sp³-hybridized carbons (Fsp3) is 0.462. The van der Waals surface area contributed by atoms with Gasteiger partial charge >= 0.3 is 5.97 Å². The number of hydrogen-bond donors (Lipinski definition) is 2. The summed E-state index contributed by atoms with van der Waals surface area (Å²) in [5, 5.41) is 0. The van der Waals surface area contributed by atoms with Crippen LogP contribution in [0.4, 0.5) is 0 Å². The van der Waals surface area contributed by atoms with E-state index in [0.717, 1.165) is 12.8 Å². The fourth-order valence-corrected chi connectivity index (χ4v) is 3.31. The Morgan fingerprint density at radius 3 is 2.38 bits per heavy atom. The predicted molar refractivity (Wildman–Crippen MR) is 80.9 cm³/mol. The van der Waals surface area contributed by atoms with E-state index in [0.29, 0.717) is 11.5 Å². The van der Waals surface area contributed by atoms with E-state index in [9.17, 15) is 13.2 Å². The summed E-state index contributed by atoms with van der Waals surface area (Å²) in [5.41, 5.74) is 5.90. The zero-order valence-electron chi connectivity index (χ0n) is 11.6. The van der Waals surface area contributed by atoms with E-state index in [4.69, 9.17) is 5.73 Å². The third kappa shape index (κ3) is 4.41. The molecule has 1 aromatic rings. The molecule has 0 aromatic heterocycles. The average molecular weight is 335 g/mol. The Bertz CT molecular complexity index is 585. The molecule has 0 spiro atoms. The first-order valence-electron chi connectivity index (χ1n) is 6.38. The Morgan fingerprint density at radius 1 is 1.38 bits per heavy atom. The number of nitrogens with one attached hydrogen (secondary N) is 1. The van der Waals surface area contributed by atoms with Gasteiger partial charge < -0.3 is 10.5 Å². The van der Waals surface area contributed by atoms with E-state index in [1.807, 2.05) is 0 Å². The van der Waals surface area contributed by atoms with Crippen molar-refractivity contribution >= 4 is 28.4 Å². The van der Waals surface area contributed by atoms with Crippen LogP contribution in [0.25, 0.3) is 0 Å². The van der Waals surface area contributed by atoms with Gasteiger partial charge in [-0.3, -0.25) is 0 Å². The van der Waals surface area contributed by atoms with Gasteiger partial charge in [-0.05, 0) is 43.0 Å². The molecule has 21 heavy (non-hydrogen) atoms. The standard InChI is InChI=1S/C13H18N2O4S.ClH/c1-19-13(16)10-4-6-11(7-5-10)20(17,18)15-12(8-14)9-2-3-9;/h4-7,9,12,15H,2-3,8,14H2,1H3;1H. The normalized spacial score (nSPS) is 15.9. The van der Waals surface area contributed by atoms with E-state index >= 15 is 0 Å². The van der Waals surface area contributed by atoms with Crippen LogP contribution in [0.5, 0.6) is 0 Å². The predicted octanol–water partition coefficient (Wildman–Crippen LogP) is 0.911. The minimum absolute atomic E-state index is 0. The summed E-state index contributed by atoms with van der Waals surface area (Å²) < 4.78 is 31.6. The van der Waals surface area contributed by atoms with Crippen molar-refractivity contribution in [3.63, 3.8) is 0 Å². The van der Waals surface area contributed by atoms with Gasteiger partial charge in [-0.1, -0.05) is 0 Å². The number of halogens is 1. The summed E-state index contributed by atoms with van der Waals surface area (Å²) in [5.74, 6) is -0.163. The third-order valence-electron chi connectivity index (χ3n) is 3.34. The Labute approximate surface area is 130 Å². The van der Waals surface area contributed by atoms with Gasteiger partial charge in [0.1, 0.15) is 0 Å². The monoisotopic (exact) mass is 334 g/mol. The molecule has 3 N–H and O–H groups in total. The molecule has 8 heteroatoms. The van der Waals surface area contributed by atoms with Crippen LogP contribution >= 0.6 is 12.4 Å². The minimum atomic E-state index is -3.61. The molecule has 1 aliphatic rings. The number of carbonyl (C=O) groups is 1. The highest BCUT2D eigenvalue weighted by Gasteiger charge is 2.33. The molecule has 6 nitrogen and oxygen atoms in total. The number of ether oxygens (including phenoxy) is 1. The second kappa shape index (κ2) is 7.22. The van der Waals surface area contributed by atoms with E-state index in [2.05, 4.69) is 9.46 Å². The molecule has 0 bridgehead atoms. The summed E-state index contributed by atoms with van der Waals surface area (Å²) in [4.78, 5) is 11.4. The van der Waals surface area contributed by atoms with Gasteiger partial charge in [0.25, 0.3) is 0 Å². The van der Waals surface area contributed by atoms with E-state index in [1.54, 1.807) is 0 Å². The van der Waals surface area contributed by atoms with Crippen molar-refractivity contribution in [3.05, 3.63) is 29.8 Å². The van der Waals surface area contributed by atoms with Crippen molar-refractivity contribution in [2.75, 3.05) is 13.7 Å². The minimum Gasteiger partial charge on any atom is -0.465 e. The van der Waals surface area contributed by atoms with Crippen LogP contribution in [0.2, 0.25) is 0 Å². The molecule has 0 heterocycles. The lowest BCUT2D eigenvalue weighted by Gasteiger charge is -2.16. The molecule has 0 saturated heterocycles. The molecule has 1 unspecified atom stereocenters. The largest absolute Gasteiger partial charge is 0.465 e. The maximum absolute atomic E-state index is 12.2. The van der Waals surface area contributed by atoms with Crippen molar-refractivity contribution in [3.8, 4) is 0 Å². The lowest BCUT2D eigenvalue weighted by atomic mass is 10.2. The van der Waals surface area contributed by atoms with Crippen LogP contribution in [0.1, 0.15) is 23.2 Å². The summed E-state index contributed by atoms with van der Waals surface area (Å²) in [6.45, 7) is 0.282. The number of esters is 1. The maximum Gasteiger partial charge on any atom is 0.337 e. The molecule has 118 valence electrons. The highest BCUT2D eigenvalue weighted by atomic mass is 35.5. The van der Waals surface area contributed by atoms with Crippen molar-refractivity contribution in [1.82, 2.24) is 4.72 Å². The number of benzene rings is 1. The average Bonchev–Trinajstić information content (AvgIpc) is 3.28. The highest BCUT2D eigenvalue weighted by Crippen LogP contribution is 2.32. The molecular weight excluding hydrogens is 316 g/mol. The number of methoxy groups -OCH3 is 1. The van der Waals surface area contributed by atoms with Gasteiger partial charge in [0.15, 0.2) is 0 Å². The summed E-state index contributed by atoms with van der Waals surface area (Å²) in [6.07, 6.45) is 2.01. The van der Waals surface area contributed by atoms with Gasteiger partial charge in [0.2, 0.25) is 10.0 Å². The molecule has 0 aliphatic heterocycles. The number of sulfonamides is 1. The van der Waals surface area contributed by atoms with Gasteiger partial charge in [0, 0.05) is 12.6 Å². The number of rotatable bonds is 6. The van der Waals surface area contributed by atoms with Crippen LogP contribution in [-0.2, 0) is 14.8 Å². The van der Waals surface area contributed by atoms with Crippen molar-refractivity contribution in [1.29, 1.82) is 0 Å². The van der Waals surface area contributed by atoms with Crippen molar-refractivity contribution in [2.45, 2.75) is 23.8 Å². The number of carbonyl (C=O) groups excluding carboxylic acids is 1. The maximum atomic E-state index is 12.2. The van der Waals surface area contributed by atoms with Gasteiger partial charge in [0.05, 0.1) is 17.6 Å². The summed E-state index contributed by atoms with van der Waals surface area (Å²) in [7, 11) is -2.33. The van der Waals surface area contributed by atoms with Crippen LogP contribution in [0, 0.1) is 5.92 Å². The smallest absolute Gasteiger partial charge is 0.337 e. The zero-order chi connectivity index (χ0) is 14.8. The second-order valence-corrected chi connectivity index (χ2v) is 6.53. The summed E-state index contributed by atoms with van der Waals surface area (Å²) >= 11 is 0. The van der Waals surface area contributed by atoms with Crippen LogP contribution < -0.4 is 10.5 Å². The van der Waals surface area contributed by atoms with E-state index < -0.39 is 16.0 Å². The summed E-state index contributed by atoms with van der Waals surface area (Å²) in [6, 6.07) is 5.40. The Morgan fingerprint density at radius 2 is 1.95 bits per heavy atom. The quantitative estimate of drug-likeness (QED) is 0.753. The Kier molecular flexibility index (Phi) is 6.15. The first-order chi connectivity index (χ1) is 9.47. The molecule has 1 aromatic carbocycles. The van der Waals surface area contributed by atoms with E-state index in [1.165, 1.54) is 31.4 Å². The molecule has 1 aliphatic carbocycles. The lowest BCUT2D eigenvalue weighted by Crippen LogP contribution is -2.41. The lowest BCUT2D eigenvalue weighted by molar-refractivity contribution is 0.0600. The van der Waals surface area contributed by atoms with Gasteiger partial charge in [-0.2, -0.15) is 0 Å². The molecular formula is C13H19ClN2O4S. The van der Waals surface area contributed by atoms with Crippen molar-refractivity contribution in [2.24, 2.45) is 11.7 Å². The Hall–Kier alpha value is -1.15. The van der Waals surface area contributed by atoms with Gasteiger partial charge in [-0.15, -0.1) is 12.4 Å². The third-order valence-corrected chi connectivity index (χ3v) is 4.84. The molecule has 1 atom stereocenters. The van der Waals surface area contributed by atoms with Crippen LogP contribution in [-0.4, -0.2) is 34.1 Å². The number of hydrogen-bond acceptors (Lipinski definition) is 5. The topological polar surface area (TPSA) is 98.5 Å². The van der Waals surface area contributed by atoms with Crippen LogP contribution in [0.15, 0.2) is 29.2 Å². The molecule has 1 fully saturated rings. The fourth-order valence-electron chi connectivity index (χ4n) is 1.99. The molecule has 2 rings (SSSR count). The first-order valence-corrected chi connectivity index (χ1v) is 7.87.